The van der Waals surface area contributed by atoms with E-state index in [9.17, 15) is 9.18 Å². The van der Waals surface area contributed by atoms with Crippen molar-refractivity contribution in [3.63, 3.8) is 0 Å². The van der Waals surface area contributed by atoms with Gasteiger partial charge < -0.3 is 9.73 Å². The molecule has 30 heavy (non-hydrogen) atoms. The van der Waals surface area contributed by atoms with Gasteiger partial charge in [-0.3, -0.25) is 9.69 Å². The normalized spacial score (nSPS) is 13.2. The lowest BCUT2D eigenvalue weighted by Gasteiger charge is -2.28. The van der Waals surface area contributed by atoms with Crippen LogP contribution in [0.15, 0.2) is 65.3 Å². The van der Waals surface area contributed by atoms with Gasteiger partial charge in [0.1, 0.15) is 12.1 Å². The average Bonchev–Trinajstić information content (AvgIpc) is 3.22. The van der Waals surface area contributed by atoms with E-state index in [1.54, 1.807) is 6.07 Å². The summed E-state index contributed by atoms with van der Waals surface area (Å²) in [5.41, 5.74) is 2.26. The molecule has 2 atom stereocenters. The fraction of sp³-hybridized carbons (Fsp3) is 0.333. The van der Waals surface area contributed by atoms with E-state index < -0.39 is 0 Å². The Kier molecular flexibility index (Phi) is 7.36. The SMILES string of the molecule is CC[C@H](C)NC(=O)c1coc(CN(Cc2cccc(F)c2)[C@@H](C)c2ccccc2)n1. The molecule has 0 aliphatic heterocycles. The van der Waals surface area contributed by atoms with Gasteiger partial charge in [-0.05, 0) is 43.5 Å². The van der Waals surface area contributed by atoms with Crippen molar-refractivity contribution in [3.05, 3.63) is 89.4 Å². The summed E-state index contributed by atoms with van der Waals surface area (Å²) < 4.78 is 19.3. The summed E-state index contributed by atoms with van der Waals surface area (Å²) in [6.45, 7) is 6.96. The van der Waals surface area contributed by atoms with E-state index in [0.29, 0.717) is 19.0 Å². The Morgan fingerprint density at radius 1 is 1.13 bits per heavy atom. The predicted octanol–water partition coefficient (Wildman–Crippen LogP) is 5.11. The second-order valence-electron chi connectivity index (χ2n) is 7.53. The molecule has 1 amide bonds. The van der Waals surface area contributed by atoms with E-state index in [0.717, 1.165) is 17.5 Å². The number of hydrogen-bond acceptors (Lipinski definition) is 4. The van der Waals surface area contributed by atoms with Crippen LogP contribution in [-0.2, 0) is 13.1 Å². The Hall–Kier alpha value is -2.99. The van der Waals surface area contributed by atoms with Crippen LogP contribution in [0.3, 0.4) is 0 Å². The molecule has 3 aromatic rings. The average molecular weight is 410 g/mol. The Balaban J connectivity index is 1.79. The van der Waals surface area contributed by atoms with Gasteiger partial charge in [-0.2, -0.15) is 0 Å². The summed E-state index contributed by atoms with van der Waals surface area (Å²) in [4.78, 5) is 18.8. The van der Waals surface area contributed by atoms with Crippen LogP contribution in [0.2, 0.25) is 0 Å². The maximum Gasteiger partial charge on any atom is 0.273 e. The molecule has 1 heterocycles. The molecule has 0 bridgehead atoms. The minimum atomic E-state index is -0.264. The molecule has 0 radical (unpaired) electrons. The van der Waals surface area contributed by atoms with Gasteiger partial charge >= 0.3 is 0 Å². The maximum absolute atomic E-state index is 13.7. The summed E-state index contributed by atoms with van der Waals surface area (Å²) in [7, 11) is 0. The van der Waals surface area contributed by atoms with Gasteiger partial charge in [0.2, 0.25) is 5.89 Å². The lowest BCUT2D eigenvalue weighted by molar-refractivity contribution is 0.0934. The maximum atomic E-state index is 13.7. The molecule has 6 heteroatoms. The molecule has 0 aliphatic rings. The van der Waals surface area contributed by atoms with Crippen molar-refractivity contribution < 1.29 is 13.6 Å². The highest BCUT2D eigenvalue weighted by molar-refractivity contribution is 5.92. The van der Waals surface area contributed by atoms with E-state index in [4.69, 9.17) is 4.42 Å². The summed E-state index contributed by atoms with van der Waals surface area (Å²) in [5.74, 6) is -0.0597. The predicted molar refractivity (Wildman–Crippen MR) is 114 cm³/mol. The van der Waals surface area contributed by atoms with Crippen LogP contribution in [0.4, 0.5) is 4.39 Å². The van der Waals surface area contributed by atoms with E-state index >= 15 is 0 Å². The number of oxazole rings is 1. The smallest absolute Gasteiger partial charge is 0.273 e. The summed E-state index contributed by atoms with van der Waals surface area (Å²) in [6, 6.07) is 16.8. The van der Waals surface area contributed by atoms with Crippen LogP contribution in [0.1, 0.15) is 60.7 Å². The molecule has 0 saturated carbocycles. The number of benzene rings is 2. The number of rotatable bonds is 9. The van der Waals surface area contributed by atoms with Crippen LogP contribution in [0.25, 0.3) is 0 Å². The van der Waals surface area contributed by atoms with E-state index in [1.165, 1.54) is 18.4 Å². The highest BCUT2D eigenvalue weighted by Crippen LogP contribution is 2.24. The van der Waals surface area contributed by atoms with E-state index in [-0.39, 0.29) is 29.5 Å². The number of carbonyl (C=O) groups excluding carboxylic acids is 1. The molecule has 0 spiro atoms. The molecule has 0 aliphatic carbocycles. The fourth-order valence-corrected chi connectivity index (χ4v) is 3.20. The first-order chi connectivity index (χ1) is 14.5. The van der Waals surface area contributed by atoms with E-state index in [1.807, 2.05) is 38.1 Å². The first kappa shape index (κ1) is 21.7. The standard InChI is InChI=1S/C24H28FN3O2/c1-4-17(2)26-24(29)22-16-30-23(27-22)15-28(14-19-9-8-12-21(25)13-19)18(3)20-10-6-5-7-11-20/h5-13,16-18H,4,14-15H2,1-3H3,(H,26,29)/t17-,18-/m0/s1. The molecule has 158 valence electrons. The van der Waals surface area contributed by atoms with Crippen LogP contribution in [0.5, 0.6) is 0 Å². The second-order valence-corrected chi connectivity index (χ2v) is 7.53. The third kappa shape index (κ3) is 5.76. The first-order valence-electron chi connectivity index (χ1n) is 10.2. The Labute approximate surface area is 176 Å². The van der Waals surface area contributed by atoms with Gasteiger partial charge in [0.25, 0.3) is 5.91 Å². The minimum absolute atomic E-state index is 0.0405. The zero-order chi connectivity index (χ0) is 21.5. The van der Waals surface area contributed by atoms with Gasteiger partial charge in [-0.1, -0.05) is 49.4 Å². The molecule has 0 saturated heterocycles. The van der Waals surface area contributed by atoms with Crippen molar-refractivity contribution >= 4 is 5.91 Å². The molecular weight excluding hydrogens is 381 g/mol. The number of carbonyl (C=O) groups is 1. The van der Waals surface area contributed by atoms with Gasteiger partial charge in [-0.25, -0.2) is 9.37 Å². The number of hydrogen-bond donors (Lipinski definition) is 1. The lowest BCUT2D eigenvalue weighted by Crippen LogP contribution is -2.32. The molecule has 2 aromatic carbocycles. The largest absolute Gasteiger partial charge is 0.447 e. The highest BCUT2D eigenvalue weighted by atomic mass is 19.1. The quantitative estimate of drug-likeness (QED) is 0.534. The molecule has 5 nitrogen and oxygen atoms in total. The Morgan fingerprint density at radius 2 is 1.90 bits per heavy atom. The Bertz CT molecular complexity index is 958. The Morgan fingerprint density at radius 3 is 2.60 bits per heavy atom. The monoisotopic (exact) mass is 409 g/mol. The van der Waals surface area contributed by atoms with Crippen LogP contribution >= 0.6 is 0 Å². The molecular formula is C24H28FN3O2. The fourth-order valence-electron chi connectivity index (χ4n) is 3.20. The van der Waals surface area contributed by atoms with Crippen molar-refractivity contribution in [2.75, 3.05) is 0 Å². The van der Waals surface area contributed by atoms with Crippen molar-refractivity contribution in [3.8, 4) is 0 Å². The van der Waals surface area contributed by atoms with Gasteiger partial charge in [0.15, 0.2) is 5.69 Å². The third-order valence-corrected chi connectivity index (χ3v) is 5.22. The van der Waals surface area contributed by atoms with E-state index in [2.05, 4.69) is 34.3 Å². The van der Waals surface area contributed by atoms with Crippen molar-refractivity contribution in [2.45, 2.75) is 52.4 Å². The molecule has 0 unspecified atom stereocenters. The zero-order valence-electron chi connectivity index (χ0n) is 17.6. The van der Waals surface area contributed by atoms with Crippen LogP contribution in [-0.4, -0.2) is 21.8 Å². The zero-order valence-corrected chi connectivity index (χ0v) is 17.6. The van der Waals surface area contributed by atoms with Crippen LogP contribution < -0.4 is 5.32 Å². The number of nitrogens with one attached hydrogen (secondary N) is 1. The van der Waals surface area contributed by atoms with Gasteiger partial charge in [-0.15, -0.1) is 0 Å². The number of amides is 1. The van der Waals surface area contributed by atoms with Crippen molar-refractivity contribution in [2.24, 2.45) is 0 Å². The minimum Gasteiger partial charge on any atom is -0.447 e. The molecule has 0 fully saturated rings. The topological polar surface area (TPSA) is 58.4 Å². The summed E-state index contributed by atoms with van der Waals surface area (Å²) in [6.07, 6.45) is 2.23. The molecule has 1 aromatic heterocycles. The second kappa shape index (κ2) is 10.2. The summed E-state index contributed by atoms with van der Waals surface area (Å²) in [5, 5.41) is 2.89. The van der Waals surface area contributed by atoms with Crippen LogP contribution in [0, 0.1) is 5.82 Å². The first-order valence-corrected chi connectivity index (χ1v) is 10.2. The van der Waals surface area contributed by atoms with Crippen molar-refractivity contribution in [1.82, 2.24) is 15.2 Å². The van der Waals surface area contributed by atoms with Gasteiger partial charge in [0.05, 0.1) is 6.54 Å². The molecule has 1 N–H and O–H groups in total. The lowest BCUT2D eigenvalue weighted by atomic mass is 10.1. The van der Waals surface area contributed by atoms with Gasteiger partial charge in [0, 0.05) is 18.6 Å². The highest BCUT2D eigenvalue weighted by Gasteiger charge is 2.21. The number of halogens is 1. The number of nitrogens with zero attached hydrogens (tertiary/aromatic N) is 2. The summed E-state index contributed by atoms with van der Waals surface area (Å²) >= 11 is 0. The van der Waals surface area contributed by atoms with Crippen molar-refractivity contribution in [1.29, 1.82) is 0 Å². The molecule has 3 rings (SSSR count). The third-order valence-electron chi connectivity index (χ3n) is 5.22. The number of aromatic nitrogens is 1.